The van der Waals surface area contributed by atoms with Crippen LogP contribution in [0.4, 0.5) is 5.69 Å². The second kappa shape index (κ2) is 9.42. The fraction of sp³-hybridized carbons (Fsp3) is 0.350. The predicted molar refractivity (Wildman–Crippen MR) is 110 cm³/mol. The van der Waals surface area contributed by atoms with Gasteiger partial charge in [0.15, 0.2) is 0 Å². The summed E-state index contributed by atoms with van der Waals surface area (Å²) in [7, 11) is 0. The van der Waals surface area contributed by atoms with Crippen molar-refractivity contribution in [1.82, 2.24) is 4.90 Å². The normalized spacial score (nSPS) is 16.4. The van der Waals surface area contributed by atoms with Crippen LogP contribution in [0.25, 0.3) is 0 Å². The Bertz CT molecular complexity index is 743. The molecule has 0 atom stereocenters. The van der Waals surface area contributed by atoms with E-state index < -0.39 is 5.60 Å². The molecular formula is C20H24Cl2N2O3. The maximum atomic E-state index is 12.2. The second-order valence-corrected chi connectivity index (χ2v) is 7.34. The van der Waals surface area contributed by atoms with Crippen LogP contribution < -0.4 is 5.32 Å². The summed E-state index contributed by atoms with van der Waals surface area (Å²) in [5.74, 6) is 0.0674. The average Bonchev–Trinajstić information content (AvgIpc) is 2.61. The van der Waals surface area contributed by atoms with Crippen LogP contribution in [0, 0.1) is 0 Å². The SMILES string of the molecule is Cl.O=C(CN1CCC(O)(Cc2ccc(Cl)cc2)CC1)Nc1ccc(O)cc1. The summed E-state index contributed by atoms with van der Waals surface area (Å²) < 4.78 is 0. The molecule has 7 heteroatoms. The summed E-state index contributed by atoms with van der Waals surface area (Å²) >= 11 is 5.90. The van der Waals surface area contributed by atoms with Crippen LogP contribution in [0.15, 0.2) is 48.5 Å². The molecule has 0 bridgehead atoms. The number of rotatable bonds is 5. The molecule has 1 aliphatic rings. The van der Waals surface area contributed by atoms with Crippen molar-refractivity contribution in [3.63, 3.8) is 0 Å². The number of halogens is 2. The van der Waals surface area contributed by atoms with Crippen molar-refractivity contribution in [1.29, 1.82) is 0 Å². The Morgan fingerprint density at radius 1 is 1.07 bits per heavy atom. The monoisotopic (exact) mass is 410 g/mol. The number of hydrogen-bond donors (Lipinski definition) is 3. The highest BCUT2D eigenvalue weighted by atomic mass is 35.5. The van der Waals surface area contributed by atoms with Crippen molar-refractivity contribution in [2.24, 2.45) is 0 Å². The fourth-order valence-electron chi connectivity index (χ4n) is 3.23. The molecule has 0 aliphatic carbocycles. The lowest BCUT2D eigenvalue weighted by Crippen LogP contribution is -2.47. The topological polar surface area (TPSA) is 72.8 Å². The zero-order valence-corrected chi connectivity index (χ0v) is 16.5. The van der Waals surface area contributed by atoms with Gasteiger partial charge in [-0.05, 0) is 54.8 Å². The molecule has 27 heavy (non-hydrogen) atoms. The Balaban J connectivity index is 0.00000261. The number of carbonyl (C=O) groups is 1. The summed E-state index contributed by atoms with van der Waals surface area (Å²) in [6.45, 7) is 1.64. The first-order valence-electron chi connectivity index (χ1n) is 8.70. The second-order valence-electron chi connectivity index (χ2n) is 6.90. The molecule has 146 valence electrons. The first-order chi connectivity index (χ1) is 12.4. The Morgan fingerprint density at radius 2 is 1.67 bits per heavy atom. The highest BCUT2D eigenvalue weighted by molar-refractivity contribution is 6.30. The van der Waals surface area contributed by atoms with E-state index in [0.29, 0.717) is 43.1 Å². The average molecular weight is 411 g/mol. The number of carbonyl (C=O) groups excluding carboxylic acids is 1. The minimum absolute atomic E-state index is 0. The third-order valence-corrected chi connectivity index (χ3v) is 5.00. The van der Waals surface area contributed by atoms with Crippen molar-refractivity contribution in [2.45, 2.75) is 24.9 Å². The van der Waals surface area contributed by atoms with Crippen LogP contribution in [-0.2, 0) is 11.2 Å². The maximum Gasteiger partial charge on any atom is 0.238 e. The van der Waals surface area contributed by atoms with Gasteiger partial charge in [0.25, 0.3) is 0 Å². The maximum absolute atomic E-state index is 12.2. The molecule has 3 N–H and O–H groups in total. The molecule has 0 aromatic heterocycles. The molecule has 1 saturated heterocycles. The quantitative estimate of drug-likeness (QED) is 0.659. The summed E-state index contributed by atoms with van der Waals surface area (Å²) in [6, 6.07) is 13.9. The van der Waals surface area contributed by atoms with E-state index in [-0.39, 0.29) is 30.6 Å². The van der Waals surface area contributed by atoms with Crippen LogP contribution in [0.1, 0.15) is 18.4 Å². The number of hydrogen-bond acceptors (Lipinski definition) is 4. The Labute approximate surface area is 170 Å². The number of aliphatic hydroxyl groups is 1. The van der Waals surface area contributed by atoms with E-state index in [2.05, 4.69) is 5.32 Å². The molecule has 2 aromatic rings. The van der Waals surface area contributed by atoms with E-state index in [1.807, 2.05) is 29.2 Å². The first-order valence-corrected chi connectivity index (χ1v) is 9.08. The van der Waals surface area contributed by atoms with Gasteiger partial charge in [0.1, 0.15) is 5.75 Å². The zero-order chi connectivity index (χ0) is 18.6. The largest absolute Gasteiger partial charge is 0.508 e. The number of amides is 1. The van der Waals surface area contributed by atoms with E-state index in [1.54, 1.807) is 12.1 Å². The fourth-order valence-corrected chi connectivity index (χ4v) is 3.36. The third kappa shape index (κ3) is 6.40. The number of nitrogens with zero attached hydrogens (tertiary/aromatic N) is 1. The molecule has 1 fully saturated rings. The number of phenols is 1. The van der Waals surface area contributed by atoms with Gasteiger partial charge in [-0.1, -0.05) is 23.7 Å². The molecule has 0 unspecified atom stereocenters. The number of benzene rings is 2. The number of aromatic hydroxyl groups is 1. The van der Waals surface area contributed by atoms with Crippen LogP contribution in [0.3, 0.4) is 0 Å². The standard InChI is InChI=1S/C20H23ClN2O3.ClH/c21-16-3-1-15(2-4-16)13-20(26)9-11-23(12-10-20)14-19(25)22-17-5-7-18(24)8-6-17;/h1-8,24,26H,9-14H2,(H,22,25);1H. The summed E-state index contributed by atoms with van der Waals surface area (Å²) in [4.78, 5) is 14.2. The van der Waals surface area contributed by atoms with E-state index in [4.69, 9.17) is 11.6 Å². The van der Waals surface area contributed by atoms with Gasteiger partial charge in [-0.2, -0.15) is 0 Å². The first kappa shape index (κ1) is 21.5. The summed E-state index contributed by atoms with van der Waals surface area (Å²) in [5.41, 5.74) is 0.983. The molecule has 3 rings (SSSR count). The van der Waals surface area contributed by atoms with Crippen molar-refractivity contribution in [2.75, 3.05) is 25.0 Å². The number of phenolic OH excluding ortho intramolecular Hbond substituents is 1. The van der Waals surface area contributed by atoms with Gasteiger partial charge in [0, 0.05) is 30.2 Å². The predicted octanol–water partition coefficient (Wildman–Crippen LogP) is 3.48. The van der Waals surface area contributed by atoms with Crippen LogP contribution in [0.5, 0.6) is 5.75 Å². The molecule has 1 aliphatic heterocycles. The minimum atomic E-state index is -0.738. The highest BCUT2D eigenvalue weighted by Gasteiger charge is 2.32. The summed E-state index contributed by atoms with van der Waals surface area (Å²) in [5, 5.41) is 23.6. The van der Waals surface area contributed by atoms with Gasteiger partial charge in [-0.3, -0.25) is 9.69 Å². The van der Waals surface area contributed by atoms with Gasteiger partial charge in [-0.15, -0.1) is 12.4 Å². The van der Waals surface area contributed by atoms with Crippen LogP contribution in [0.2, 0.25) is 5.02 Å². The molecule has 0 saturated carbocycles. The smallest absolute Gasteiger partial charge is 0.238 e. The van der Waals surface area contributed by atoms with Crippen molar-refractivity contribution in [3.8, 4) is 5.75 Å². The lowest BCUT2D eigenvalue weighted by atomic mass is 9.85. The lowest BCUT2D eigenvalue weighted by Gasteiger charge is -2.38. The van der Waals surface area contributed by atoms with E-state index in [0.717, 1.165) is 5.56 Å². The van der Waals surface area contributed by atoms with Crippen LogP contribution >= 0.6 is 24.0 Å². The van der Waals surface area contributed by atoms with Gasteiger partial charge in [-0.25, -0.2) is 0 Å². The lowest BCUT2D eigenvalue weighted by molar-refractivity contribution is -0.118. The van der Waals surface area contributed by atoms with E-state index in [1.165, 1.54) is 12.1 Å². The number of anilines is 1. The Kier molecular flexibility index (Phi) is 7.50. The Hall–Kier alpha value is -1.79. The Morgan fingerprint density at radius 3 is 2.26 bits per heavy atom. The third-order valence-electron chi connectivity index (χ3n) is 4.75. The van der Waals surface area contributed by atoms with E-state index >= 15 is 0 Å². The minimum Gasteiger partial charge on any atom is -0.508 e. The van der Waals surface area contributed by atoms with Gasteiger partial charge in [0.05, 0.1) is 12.1 Å². The van der Waals surface area contributed by atoms with Gasteiger partial charge < -0.3 is 15.5 Å². The van der Waals surface area contributed by atoms with E-state index in [9.17, 15) is 15.0 Å². The van der Waals surface area contributed by atoms with Gasteiger partial charge in [0.2, 0.25) is 5.91 Å². The molecule has 0 radical (unpaired) electrons. The van der Waals surface area contributed by atoms with Crippen molar-refractivity contribution >= 4 is 35.6 Å². The zero-order valence-electron chi connectivity index (χ0n) is 14.9. The molecule has 1 heterocycles. The summed E-state index contributed by atoms with van der Waals surface area (Å²) in [6.07, 6.45) is 1.85. The van der Waals surface area contributed by atoms with Crippen molar-refractivity contribution < 1.29 is 15.0 Å². The highest BCUT2D eigenvalue weighted by Crippen LogP contribution is 2.27. The van der Waals surface area contributed by atoms with Gasteiger partial charge >= 0.3 is 0 Å². The number of likely N-dealkylation sites (tertiary alicyclic amines) is 1. The van der Waals surface area contributed by atoms with Crippen molar-refractivity contribution in [3.05, 3.63) is 59.1 Å². The molecule has 0 spiro atoms. The molecule has 1 amide bonds. The van der Waals surface area contributed by atoms with Crippen LogP contribution in [-0.4, -0.2) is 46.3 Å². The molecule has 5 nitrogen and oxygen atoms in total. The number of piperidine rings is 1. The molecular weight excluding hydrogens is 387 g/mol. The molecule has 2 aromatic carbocycles. The number of nitrogens with one attached hydrogen (secondary N) is 1.